The van der Waals surface area contributed by atoms with Crippen LogP contribution >= 0.6 is 0 Å². The second kappa shape index (κ2) is 8.74. The third-order valence-electron chi connectivity index (χ3n) is 4.66. The van der Waals surface area contributed by atoms with Crippen LogP contribution in [-0.4, -0.2) is 32.0 Å². The molecule has 0 radical (unpaired) electrons. The third-order valence-corrected chi connectivity index (χ3v) is 4.66. The summed E-state index contributed by atoms with van der Waals surface area (Å²) in [6.07, 6.45) is 2.77. The number of carbonyl (C=O) groups is 1. The molecule has 8 nitrogen and oxygen atoms in total. The number of benzene rings is 2. The zero-order chi connectivity index (χ0) is 21.8. The number of fused-ring (bicyclic) bond motifs is 1. The molecule has 2 heterocycles. The first-order valence-electron chi connectivity index (χ1n) is 9.86. The summed E-state index contributed by atoms with van der Waals surface area (Å²) >= 11 is 0. The van der Waals surface area contributed by atoms with Crippen LogP contribution in [0.25, 0.3) is 22.4 Å². The van der Waals surface area contributed by atoms with Gasteiger partial charge in [-0.05, 0) is 26.0 Å². The van der Waals surface area contributed by atoms with Crippen LogP contribution in [0.2, 0.25) is 0 Å². The van der Waals surface area contributed by atoms with Crippen molar-refractivity contribution in [3.8, 4) is 17.1 Å². The topological polar surface area (TPSA) is 99.0 Å². The number of hydrogen-bond acceptors (Lipinski definition) is 6. The van der Waals surface area contributed by atoms with Gasteiger partial charge in [-0.25, -0.2) is 15.0 Å². The summed E-state index contributed by atoms with van der Waals surface area (Å²) in [4.78, 5) is 38.3. The Bertz CT molecular complexity index is 1300. The summed E-state index contributed by atoms with van der Waals surface area (Å²) in [6, 6.07) is 14.9. The predicted octanol–water partition coefficient (Wildman–Crippen LogP) is 3.20. The first-order chi connectivity index (χ1) is 15.0. The monoisotopic (exact) mass is 415 g/mol. The Hall–Kier alpha value is -4.07. The number of ether oxygens (including phenoxy) is 1. The third kappa shape index (κ3) is 4.42. The molecule has 0 atom stereocenters. The largest absolute Gasteiger partial charge is 0.492 e. The summed E-state index contributed by atoms with van der Waals surface area (Å²) in [5.41, 5.74) is 2.42. The maximum Gasteiger partial charge on any atom is 0.264 e. The second-order valence-electron chi connectivity index (χ2n) is 6.95. The molecule has 0 aliphatic carbocycles. The number of aryl methyl sites for hydroxylation is 1. The van der Waals surface area contributed by atoms with Crippen LogP contribution in [0.5, 0.6) is 5.75 Å². The number of aromatic nitrogens is 4. The molecule has 4 rings (SSSR count). The number of amides is 1. The van der Waals surface area contributed by atoms with Gasteiger partial charge in [-0.15, -0.1) is 0 Å². The van der Waals surface area contributed by atoms with Gasteiger partial charge in [-0.3, -0.25) is 14.2 Å². The fourth-order valence-electron chi connectivity index (χ4n) is 3.10. The highest BCUT2D eigenvalue weighted by molar-refractivity contribution is 5.92. The zero-order valence-corrected chi connectivity index (χ0v) is 17.2. The fourth-order valence-corrected chi connectivity index (χ4v) is 3.10. The number of nitrogens with zero attached hydrogens (tertiary/aromatic N) is 4. The number of hydrogen-bond donors (Lipinski definition) is 1. The van der Waals surface area contributed by atoms with E-state index in [0.29, 0.717) is 23.9 Å². The van der Waals surface area contributed by atoms with E-state index in [1.54, 1.807) is 18.2 Å². The van der Waals surface area contributed by atoms with E-state index in [-0.39, 0.29) is 29.0 Å². The summed E-state index contributed by atoms with van der Waals surface area (Å²) < 4.78 is 6.74. The molecule has 0 saturated carbocycles. The molecule has 1 amide bonds. The molecule has 31 heavy (non-hydrogen) atoms. The molecule has 0 spiro atoms. The summed E-state index contributed by atoms with van der Waals surface area (Å²) in [5, 5.41) is 3.02. The van der Waals surface area contributed by atoms with Crippen molar-refractivity contribution in [3.63, 3.8) is 0 Å². The van der Waals surface area contributed by atoms with Crippen molar-refractivity contribution in [2.24, 2.45) is 0 Å². The summed E-state index contributed by atoms with van der Waals surface area (Å²) in [7, 11) is 0. The minimum atomic E-state index is -0.381. The van der Waals surface area contributed by atoms with Crippen LogP contribution in [0.3, 0.4) is 0 Å². The molecule has 0 saturated heterocycles. The Morgan fingerprint density at radius 1 is 1.10 bits per heavy atom. The number of nitrogens with one attached hydrogen (secondary N) is 1. The van der Waals surface area contributed by atoms with Gasteiger partial charge in [-0.1, -0.05) is 42.0 Å². The molecular weight excluding hydrogens is 394 g/mol. The SMILES string of the molecule is CCOc1ccccc1NC(=O)Cn1cnc2nc(-c3ccc(C)cc3)ncc2c1=O. The molecule has 0 aliphatic heterocycles. The lowest BCUT2D eigenvalue weighted by molar-refractivity contribution is -0.116. The van der Waals surface area contributed by atoms with E-state index in [2.05, 4.69) is 20.3 Å². The zero-order valence-electron chi connectivity index (χ0n) is 17.2. The van der Waals surface area contributed by atoms with Crippen molar-refractivity contribution in [1.82, 2.24) is 19.5 Å². The van der Waals surface area contributed by atoms with E-state index >= 15 is 0 Å². The molecule has 0 fully saturated rings. The summed E-state index contributed by atoms with van der Waals surface area (Å²) in [6.45, 7) is 4.15. The highest BCUT2D eigenvalue weighted by Crippen LogP contribution is 2.23. The van der Waals surface area contributed by atoms with Crippen LogP contribution in [-0.2, 0) is 11.3 Å². The lowest BCUT2D eigenvalue weighted by Gasteiger charge is -2.12. The second-order valence-corrected chi connectivity index (χ2v) is 6.95. The van der Waals surface area contributed by atoms with Crippen molar-refractivity contribution in [3.05, 3.63) is 77.0 Å². The van der Waals surface area contributed by atoms with E-state index in [0.717, 1.165) is 11.1 Å². The fraction of sp³-hybridized carbons (Fsp3) is 0.174. The standard InChI is InChI=1S/C23H21N5O3/c1-3-31-19-7-5-4-6-18(19)26-20(29)13-28-14-25-22-17(23(28)30)12-24-21(27-22)16-10-8-15(2)9-11-16/h4-12,14H,3,13H2,1-2H3,(H,26,29). The lowest BCUT2D eigenvalue weighted by atomic mass is 10.1. The van der Waals surface area contributed by atoms with Crippen LogP contribution in [0.4, 0.5) is 5.69 Å². The average Bonchev–Trinajstić information content (AvgIpc) is 2.77. The Morgan fingerprint density at radius 3 is 2.65 bits per heavy atom. The molecule has 0 bridgehead atoms. The smallest absolute Gasteiger partial charge is 0.264 e. The van der Waals surface area contributed by atoms with Gasteiger partial charge in [0.2, 0.25) is 5.91 Å². The van der Waals surface area contributed by atoms with Crippen molar-refractivity contribution in [1.29, 1.82) is 0 Å². The van der Waals surface area contributed by atoms with Crippen molar-refractivity contribution >= 4 is 22.6 Å². The van der Waals surface area contributed by atoms with Gasteiger partial charge >= 0.3 is 0 Å². The Kier molecular flexibility index (Phi) is 5.70. The lowest BCUT2D eigenvalue weighted by Crippen LogP contribution is -2.28. The maximum atomic E-state index is 12.8. The molecule has 4 aromatic rings. The van der Waals surface area contributed by atoms with E-state index in [1.165, 1.54) is 17.1 Å². The predicted molar refractivity (Wildman–Crippen MR) is 118 cm³/mol. The molecule has 8 heteroatoms. The van der Waals surface area contributed by atoms with E-state index < -0.39 is 0 Å². The molecule has 1 N–H and O–H groups in total. The number of para-hydroxylation sites is 2. The molecule has 0 aliphatic rings. The van der Waals surface area contributed by atoms with Crippen molar-refractivity contribution in [2.45, 2.75) is 20.4 Å². The van der Waals surface area contributed by atoms with Crippen LogP contribution in [0.1, 0.15) is 12.5 Å². The Balaban J connectivity index is 1.57. The van der Waals surface area contributed by atoms with Crippen LogP contribution in [0, 0.1) is 6.92 Å². The number of anilines is 1. The van der Waals surface area contributed by atoms with Crippen molar-refractivity contribution < 1.29 is 9.53 Å². The van der Waals surface area contributed by atoms with Gasteiger partial charge in [0.05, 0.1) is 12.3 Å². The molecule has 156 valence electrons. The number of rotatable bonds is 6. The minimum absolute atomic E-state index is 0.193. The first kappa shape index (κ1) is 20.2. The normalized spacial score (nSPS) is 10.8. The number of carbonyl (C=O) groups excluding carboxylic acids is 1. The van der Waals surface area contributed by atoms with Crippen LogP contribution in [0.15, 0.2) is 65.8 Å². The van der Waals surface area contributed by atoms with Gasteiger partial charge in [0.25, 0.3) is 5.56 Å². The molecule has 2 aromatic heterocycles. The van der Waals surface area contributed by atoms with Gasteiger partial charge in [0.15, 0.2) is 11.5 Å². The minimum Gasteiger partial charge on any atom is -0.492 e. The Labute approximate surface area is 178 Å². The average molecular weight is 415 g/mol. The summed E-state index contributed by atoms with van der Waals surface area (Å²) in [5.74, 6) is 0.689. The molecule has 2 aromatic carbocycles. The highest BCUT2D eigenvalue weighted by Gasteiger charge is 2.13. The van der Waals surface area contributed by atoms with Gasteiger partial charge in [0.1, 0.15) is 24.0 Å². The van der Waals surface area contributed by atoms with Crippen molar-refractivity contribution in [2.75, 3.05) is 11.9 Å². The van der Waals surface area contributed by atoms with E-state index in [9.17, 15) is 9.59 Å². The first-order valence-corrected chi connectivity index (χ1v) is 9.86. The molecule has 0 unspecified atom stereocenters. The van der Waals surface area contributed by atoms with E-state index in [4.69, 9.17) is 4.74 Å². The van der Waals surface area contributed by atoms with Gasteiger partial charge in [-0.2, -0.15) is 0 Å². The van der Waals surface area contributed by atoms with Crippen LogP contribution < -0.4 is 15.6 Å². The molecular formula is C23H21N5O3. The maximum absolute atomic E-state index is 12.8. The Morgan fingerprint density at radius 2 is 1.87 bits per heavy atom. The highest BCUT2D eigenvalue weighted by atomic mass is 16.5. The van der Waals surface area contributed by atoms with E-state index in [1.807, 2.05) is 44.2 Å². The van der Waals surface area contributed by atoms with Gasteiger partial charge in [0, 0.05) is 11.8 Å². The van der Waals surface area contributed by atoms with Gasteiger partial charge < -0.3 is 10.1 Å². The quantitative estimate of drug-likeness (QED) is 0.519.